The summed E-state index contributed by atoms with van der Waals surface area (Å²) in [5.74, 6) is -1.90. The van der Waals surface area contributed by atoms with Crippen LogP contribution < -0.4 is 15.2 Å². The maximum Gasteiger partial charge on any atom is 0.289 e. The van der Waals surface area contributed by atoms with Gasteiger partial charge < -0.3 is 20.3 Å². The number of benzene rings is 1. The SMILES string of the molecule is CCOc1cc(O)c(C(=O)C(N)=O)cc1OCC. The monoisotopic (exact) mass is 253 g/mol. The Morgan fingerprint density at radius 2 is 1.67 bits per heavy atom. The zero-order valence-corrected chi connectivity index (χ0v) is 10.2. The lowest BCUT2D eigenvalue weighted by molar-refractivity contribution is -0.114. The van der Waals surface area contributed by atoms with Crippen LogP contribution in [0.5, 0.6) is 17.2 Å². The number of phenols is 1. The Balaban J connectivity index is 3.26. The Bertz CT molecular complexity index is 470. The number of aromatic hydroxyl groups is 1. The van der Waals surface area contributed by atoms with Gasteiger partial charge in [-0.05, 0) is 19.9 Å². The Hall–Kier alpha value is -2.24. The van der Waals surface area contributed by atoms with Crippen LogP contribution in [-0.2, 0) is 4.79 Å². The molecule has 0 aromatic heterocycles. The van der Waals surface area contributed by atoms with E-state index >= 15 is 0 Å². The molecule has 1 rings (SSSR count). The number of carbonyl (C=O) groups excluding carboxylic acids is 2. The van der Waals surface area contributed by atoms with E-state index in [1.165, 1.54) is 12.1 Å². The third-order valence-corrected chi connectivity index (χ3v) is 2.13. The van der Waals surface area contributed by atoms with Gasteiger partial charge in [-0.1, -0.05) is 0 Å². The molecule has 0 aliphatic carbocycles. The molecule has 0 saturated carbocycles. The summed E-state index contributed by atoms with van der Waals surface area (Å²) in [6.07, 6.45) is 0. The second kappa shape index (κ2) is 5.90. The molecule has 1 amide bonds. The largest absolute Gasteiger partial charge is 0.507 e. The fourth-order valence-electron chi connectivity index (χ4n) is 1.40. The van der Waals surface area contributed by atoms with Gasteiger partial charge in [-0.25, -0.2) is 0 Å². The molecule has 0 fully saturated rings. The Labute approximate surface area is 104 Å². The van der Waals surface area contributed by atoms with Crippen molar-refractivity contribution in [1.82, 2.24) is 0 Å². The first kappa shape index (κ1) is 13.8. The lowest BCUT2D eigenvalue weighted by atomic mass is 10.1. The minimum atomic E-state index is -1.14. The quantitative estimate of drug-likeness (QED) is 0.578. The molecule has 1 aromatic carbocycles. The van der Waals surface area contributed by atoms with E-state index < -0.39 is 11.7 Å². The number of ketones is 1. The minimum absolute atomic E-state index is 0.200. The highest BCUT2D eigenvalue weighted by atomic mass is 16.5. The van der Waals surface area contributed by atoms with E-state index in [-0.39, 0.29) is 17.1 Å². The third-order valence-electron chi connectivity index (χ3n) is 2.13. The van der Waals surface area contributed by atoms with E-state index in [1.807, 2.05) is 0 Å². The maximum absolute atomic E-state index is 11.5. The highest BCUT2D eigenvalue weighted by Crippen LogP contribution is 2.34. The number of hydrogen-bond donors (Lipinski definition) is 2. The number of ether oxygens (including phenoxy) is 2. The Kier molecular flexibility index (Phi) is 4.53. The third kappa shape index (κ3) is 2.91. The first-order valence-corrected chi connectivity index (χ1v) is 5.48. The van der Waals surface area contributed by atoms with E-state index in [1.54, 1.807) is 13.8 Å². The van der Waals surface area contributed by atoms with Crippen molar-refractivity contribution >= 4 is 11.7 Å². The smallest absolute Gasteiger partial charge is 0.289 e. The summed E-state index contributed by atoms with van der Waals surface area (Å²) in [5, 5.41) is 9.67. The summed E-state index contributed by atoms with van der Waals surface area (Å²) in [5.41, 5.74) is 4.69. The topological polar surface area (TPSA) is 98.9 Å². The second-order valence-corrected chi connectivity index (χ2v) is 3.38. The molecule has 0 spiro atoms. The molecular formula is C12H15NO5. The van der Waals surface area contributed by atoms with Gasteiger partial charge in [-0.2, -0.15) is 0 Å². The average molecular weight is 253 g/mol. The number of primary amides is 1. The second-order valence-electron chi connectivity index (χ2n) is 3.38. The molecular weight excluding hydrogens is 238 g/mol. The van der Waals surface area contributed by atoms with Crippen LogP contribution in [0.1, 0.15) is 24.2 Å². The molecule has 0 radical (unpaired) electrons. The molecule has 0 aliphatic rings. The van der Waals surface area contributed by atoms with Crippen LogP contribution in [-0.4, -0.2) is 30.0 Å². The number of nitrogens with two attached hydrogens (primary N) is 1. The van der Waals surface area contributed by atoms with Gasteiger partial charge in [0.2, 0.25) is 0 Å². The molecule has 0 aliphatic heterocycles. The van der Waals surface area contributed by atoms with Gasteiger partial charge >= 0.3 is 0 Å². The minimum Gasteiger partial charge on any atom is -0.507 e. The standard InChI is InChI=1S/C12H15NO5/c1-3-17-9-5-7(11(15)12(13)16)8(14)6-10(9)18-4-2/h5-6,14H,3-4H2,1-2H3,(H2,13,16). The summed E-state index contributed by atoms with van der Waals surface area (Å²) in [6, 6.07) is 2.47. The molecule has 18 heavy (non-hydrogen) atoms. The lowest BCUT2D eigenvalue weighted by Crippen LogP contribution is -2.23. The summed E-state index contributed by atoms with van der Waals surface area (Å²) in [4.78, 5) is 22.3. The molecule has 98 valence electrons. The van der Waals surface area contributed by atoms with E-state index in [2.05, 4.69) is 0 Å². The average Bonchev–Trinajstić information content (AvgIpc) is 2.32. The maximum atomic E-state index is 11.5. The predicted molar refractivity (Wildman–Crippen MR) is 64.0 cm³/mol. The first-order chi connectivity index (χ1) is 8.51. The highest BCUT2D eigenvalue weighted by molar-refractivity contribution is 6.43. The van der Waals surface area contributed by atoms with Crippen molar-refractivity contribution in [2.24, 2.45) is 5.73 Å². The summed E-state index contributed by atoms with van der Waals surface area (Å²) in [7, 11) is 0. The Morgan fingerprint density at radius 1 is 1.17 bits per heavy atom. The molecule has 6 nitrogen and oxygen atoms in total. The van der Waals surface area contributed by atoms with Crippen molar-refractivity contribution in [3.05, 3.63) is 17.7 Å². The van der Waals surface area contributed by atoms with E-state index in [4.69, 9.17) is 15.2 Å². The summed E-state index contributed by atoms with van der Waals surface area (Å²) in [6.45, 7) is 4.27. The zero-order valence-electron chi connectivity index (χ0n) is 10.2. The van der Waals surface area contributed by atoms with E-state index in [0.717, 1.165) is 0 Å². The van der Waals surface area contributed by atoms with Gasteiger partial charge in [0, 0.05) is 6.07 Å². The first-order valence-electron chi connectivity index (χ1n) is 5.48. The fourth-order valence-corrected chi connectivity index (χ4v) is 1.40. The Morgan fingerprint density at radius 3 is 2.11 bits per heavy atom. The molecule has 0 heterocycles. The normalized spacial score (nSPS) is 9.89. The lowest BCUT2D eigenvalue weighted by Gasteiger charge is -2.12. The summed E-state index contributed by atoms with van der Waals surface area (Å²) < 4.78 is 10.5. The predicted octanol–water partition coefficient (Wildman–Crippen LogP) is 0.858. The number of amides is 1. The zero-order chi connectivity index (χ0) is 13.7. The van der Waals surface area contributed by atoms with Crippen molar-refractivity contribution in [2.75, 3.05) is 13.2 Å². The number of phenolic OH excluding ortho intramolecular Hbond substituents is 1. The molecule has 3 N–H and O–H groups in total. The van der Waals surface area contributed by atoms with Gasteiger partial charge in [0.1, 0.15) is 5.75 Å². The highest BCUT2D eigenvalue weighted by Gasteiger charge is 2.20. The molecule has 0 unspecified atom stereocenters. The molecule has 6 heteroatoms. The van der Waals surface area contributed by atoms with E-state index in [0.29, 0.717) is 19.0 Å². The van der Waals surface area contributed by atoms with Crippen molar-refractivity contribution in [3.8, 4) is 17.2 Å². The molecule has 0 saturated heterocycles. The fraction of sp³-hybridized carbons (Fsp3) is 0.333. The van der Waals surface area contributed by atoms with Gasteiger partial charge in [-0.15, -0.1) is 0 Å². The number of carbonyl (C=O) groups is 2. The van der Waals surface area contributed by atoms with Gasteiger partial charge in [0.15, 0.2) is 11.5 Å². The summed E-state index contributed by atoms with van der Waals surface area (Å²) >= 11 is 0. The number of hydrogen-bond acceptors (Lipinski definition) is 5. The van der Waals surface area contributed by atoms with Crippen molar-refractivity contribution in [2.45, 2.75) is 13.8 Å². The van der Waals surface area contributed by atoms with Gasteiger partial charge in [-0.3, -0.25) is 9.59 Å². The molecule has 0 bridgehead atoms. The van der Waals surface area contributed by atoms with Crippen LogP contribution in [0.4, 0.5) is 0 Å². The van der Waals surface area contributed by atoms with Gasteiger partial charge in [0.05, 0.1) is 18.8 Å². The molecule has 1 aromatic rings. The van der Waals surface area contributed by atoms with Crippen molar-refractivity contribution in [1.29, 1.82) is 0 Å². The number of rotatable bonds is 6. The van der Waals surface area contributed by atoms with Crippen LogP contribution in [0.15, 0.2) is 12.1 Å². The van der Waals surface area contributed by atoms with E-state index in [9.17, 15) is 14.7 Å². The van der Waals surface area contributed by atoms with Crippen LogP contribution in [0.25, 0.3) is 0 Å². The molecule has 0 atom stereocenters. The van der Waals surface area contributed by atoms with Crippen LogP contribution in [0.2, 0.25) is 0 Å². The van der Waals surface area contributed by atoms with Crippen LogP contribution in [0, 0.1) is 0 Å². The van der Waals surface area contributed by atoms with Crippen LogP contribution in [0.3, 0.4) is 0 Å². The van der Waals surface area contributed by atoms with Crippen LogP contribution >= 0.6 is 0 Å². The van der Waals surface area contributed by atoms with Gasteiger partial charge in [0.25, 0.3) is 11.7 Å². The van der Waals surface area contributed by atoms with Crippen molar-refractivity contribution in [3.63, 3.8) is 0 Å². The van der Waals surface area contributed by atoms with Crippen molar-refractivity contribution < 1.29 is 24.2 Å². The number of Topliss-reactive ketones (excluding diaryl/α,β-unsaturated/α-hetero) is 1.